The minimum absolute atomic E-state index is 0.173. The van der Waals surface area contributed by atoms with E-state index in [1.54, 1.807) is 12.1 Å². The third-order valence-corrected chi connectivity index (χ3v) is 5.51. The molecule has 1 unspecified atom stereocenters. The first-order valence-corrected chi connectivity index (χ1v) is 9.69. The Bertz CT molecular complexity index is 741. The molecule has 0 spiro atoms. The molecule has 6 nitrogen and oxygen atoms in total. The predicted octanol–water partition coefficient (Wildman–Crippen LogP) is 3.40. The van der Waals surface area contributed by atoms with Gasteiger partial charge in [-0.25, -0.2) is 0 Å². The molecule has 1 heterocycles. The lowest BCUT2D eigenvalue weighted by molar-refractivity contribution is 0.0950. The van der Waals surface area contributed by atoms with Gasteiger partial charge in [-0.2, -0.15) is 4.98 Å². The van der Waals surface area contributed by atoms with Gasteiger partial charge in [-0.15, -0.1) is 0 Å². The molecule has 0 amide bonds. The van der Waals surface area contributed by atoms with E-state index in [0.29, 0.717) is 23.2 Å². The molecule has 140 valence electrons. The molecule has 7 heteroatoms. The summed E-state index contributed by atoms with van der Waals surface area (Å²) in [5, 5.41) is 18.6. The van der Waals surface area contributed by atoms with Crippen molar-refractivity contribution < 1.29 is 14.4 Å². The molecule has 2 aliphatic rings. The van der Waals surface area contributed by atoms with Gasteiger partial charge in [0.2, 0.25) is 5.89 Å². The van der Waals surface area contributed by atoms with E-state index in [2.05, 4.69) is 15.5 Å². The summed E-state index contributed by atoms with van der Waals surface area (Å²) in [7, 11) is 0. The summed E-state index contributed by atoms with van der Waals surface area (Å²) in [6, 6.07) is 7.26. The smallest absolute Gasteiger partial charge is 0.229 e. The van der Waals surface area contributed by atoms with Gasteiger partial charge < -0.3 is 19.7 Å². The second kappa shape index (κ2) is 7.55. The van der Waals surface area contributed by atoms with Crippen LogP contribution >= 0.6 is 11.6 Å². The van der Waals surface area contributed by atoms with Crippen molar-refractivity contribution in [3.05, 3.63) is 41.0 Å². The highest BCUT2D eigenvalue weighted by Gasteiger charge is 2.41. The fraction of sp³-hybridized carbons (Fsp3) is 0.579. The zero-order valence-electron chi connectivity index (χ0n) is 14.7. The third-order valence-electron chi connectivity index (χ3n) is 5.20. The molecule has 4 rings (SSSR count). The Morgan fingerprint density at radius 2 is 2.08 bits per heavy atom. The van der Waals surface area contributed by atoms with E-state index >= 15 is 0 Å². The first-order valence-electron chi connectivity index (χ1n) is 9.31. The largest absolute Gasteiger partial charge is 0.489 e. The van der Waals surface area contributed by atoms with Crippen molar-refractivity contribution in [2.75, 3.05) is 13.2 Å². The van der Waals surface area contributed by atoms with Gasteiger partial charge in [0.15, 0.2) is 5.82 Å². The van der Waals surface area contributed by atoms with E-state index in [1.807, 2.05) is 12.1 Å². The summed E-state index contributed by atoms with van der Waals surface area (Å²) in [5.74, 6) is 2.52. The summed E-state index contributed by atoms with van der Waals surface area (Å²) < 4.78 is 11.1. The Morgan fingerprint density at radius 3 is 2.81 bits per heavy atom. The second-order valence-electron chi connectivity index (χ2n) is 7.30. The zero-order chi connectivity index (χ0) is 18.0. The molecule has 1 atom stereocenters. The number of aliphatic hydroxyl groups is 1. The number of ether oxygens (including phenoxy) is 1. The number of nitrogens with one attached hydrogen (secondary N) is 1. The van der Waals surface area contributed by atoms with Gasteiger partial charge in [0.25, 0.3) is 0 Å². The van der Waals surface area contributed by atoms with Crippen LogP contribution in [0.2, 0.25) is 5.02 Å². The molecule has 2 fully saturated rings. The van der Waals surface area contributed by atoms with Crippen LogP contribution in [0.3, 0.4) is 0 Å². The maximum absolute atomic E-state index is 10.3. The Hall–Kier alpha value is -1.63. The minimum atomic E-state index is -0.654. The van der Waals surface area contributed by atoms with Crippen LogP contribution in [0.5, 0.6) is 5.75 Å². The SMILES string of the molecule is OC(CNC1(c2noc(C3CC3)n2)CCCC1)COc1ccccc1Cl. The summed E-state index contributed by atoms with van der Waals surface area (Å²) in [6.07, 6.45) is 5.77. The number of aliphatic hydroxyl groups excluding tert-OH is 1. The van der Waals surface area contributed by atoms with Crippen molar-refractivity contribution in [1.29, 1.82) is 0 Å². The van der Waals surface area contributed by atoms with Crippen LogP contribution in [-0.4, -0.2) is 34.5 Å². The zero-order valence-corrected chi connectivity index (χ0v) is 15.4. The van der Waals surface area contributed by atoms with Crippen LogP contribution in [-0.2, 0) is 5.54 Å². The van der Waals surface area contributed by atoms with Crippen LogP contribution in [0, 0.1) is 0 Å². The number of aromatic nitrogens is 2. The first kappa shape index (κ1) is 17.8. The molecule has 0 bridgehead atoms. The molecule has 0 radical (unpaired) electrons. The normalized spacial score (nSPS) is 20.2. The molecule has 1 aromatic carbocycles. The summed E-state index contributed by atoms with van der Waals surface area (Å²) in [6.45, 7) is 0.574. The van der Waals surface area contributed by atoms with E-state index in [4.69, 9.17) is 20.9 Å². The van der Waals surface area contributed by atoms with Gasteiger partial charge in [0.05, 0.1) is 10.6 Å². The van der Waals surface area contributed by atoms with Gasteiger partial charge in [0.1, 0.15) is 18.5 Å². The van der Waals surface area contributed by atoms with Crippen LogP contribution in [0.1, 0.15) is 56.2 Å². The van der Waals surface area contributed by atoms with E-state index in [-0.39, 0.29) is 12.1 Å². The highest BCUT2D eigenvalue weighted by atomic mass is 35.5. The molecule has 2 N–H and O–H groups in total. The fourth-order valence-electron chi connectivity index (χ4n) is 3.50. The molecule has 0 aliphatic heterocycles. The molecular formula is C19H24ClN3O3. The Kier molecular flexibility index (Phi) is 5.16. The predicted molar refractivity (Wildman–Crippen MR) is 97.4 cm³/mol. The van der Waals surface area contributed by atoms with Crippen molar-refractivity contribution in [3.8, 4) is 5.75 Å². The molecular weight excluding hydrogens is 354 g/mol. The summed E-state index contributed by atoms with van der Waals surface area (Å²) in [4.78, 5) is 4.64. The van der Waals surface area contributed by atoms with Crippen LogP contribution in [0.4, 0.5) is 0 Å². The Labute approximate surface area is 157 Å². The lowest BCUT2D eigenvalue weighted by Crippen LogP contribution is -2.45. The van der Waals surface area contributed by atoms with E-state index in [0.717, 1.165) is 50.2 Å². The quantitative estimate of drug-likeness (QED) is 0.733. The molecule has 2 saturated carbocycles. The number of para-hydroxylation sites is 1. The molecule has 2 aromatic rings. The first-order chi connectivity index (χ1) is 12.7. The average molecular weight is 378 g/mol. The number of benzene rings is 1. The van der Waals surface area contributed by atoms with Gasteiger partial charge >= 0.3 is 0 Å². The number of hydrogen-bond acceptors (Lipinski definition) is 6. The number of rotatable bonds is 8. The molecule has 0 saturated heterocycles. The number of nitrogens with zero attached hydrogens (tertiary/aromatic N) is 2. The van der Waals surface area contributed by atoms with Crippen molar-refractivity contribution in [2.45, 2.75) is 56.1 Å². The van der Waals surface area contributed by atoms with E-state index < -0.39 is 6.10 Å². The third kappa shape index (κ3) is 3.87. The molecule has 26 heavy (non-hydrogen) atoms. The lowest BCUT2D eigenvalue weighted by atomic mass is 9.96. The topological polar surface area (TPSA) is 80.4 Å². The maximum Gasteiger partial charge on any atom is 0.229 e. The van der Waals surface area contributed by atoms with Crippen molar-refractivity contribution in [3.63, 3.8) is 0 Å². The van der Waals surface area contributed by atoms with E-state index in [9.17, 15) is 5.11 Å². The van der Waals surface area contributed by atoms with Gasteiger partial charge in [-0.05, 0) is 37.8 Å². The Balaban J connectivity index is 1.35. The standard InChI is InChI=1S/C19H24ClN3O3/c20-15-5-1-2-6-16(15)25-12-14(24)11-21-19(9-3-4-10-19)18-22-17(26-23-18)13-7-8-13/h1-2,5-6,13-14,21,24H,3-4,7-12H2. The average Bonchev–Trinajstić information content (AvgIpc) is 3.18. The molecule has 2 aliphatic carbocycles. The summed E-state index contributed by atoms with van der Waals surface area (Å²) in [5.41, 5.74) is -0.304. The molecule has 1 aromatic heterocycles. The van der Waals surface area contributed by atoms with Crippen molar-refractivity contribution in [2.24, 2.45) is 0 Å². The number of hydrogen-bond donors (Lipinski definition) is 2. The minimum Gasteiger partial charge on any atom is -0.489 e. The van der Waals surface area contributed by atoms with Gasteiger partial charge in [0, 0.05) is 12.5 Å². The number of halogens is 1. The monoisotopic (exact) mass is 377 g/mol. The van der Waals surface area contributed by atoms with Gasteiger partial charge in [-0.3, -0.25) is 0 Å². The van der Waals surface area contributed by atoms with Crippen molar-refractivity contribution in [1.82, 2.24) is 15.5 Å². The fourth-order valence-corrected chi connectivity index (χ4v) is 3.69. The van der Waals surface area contributed by atoms with Crippen LogP contribution in [0.25, 0.3) is 0 Å². The van der Waals surface area contributed by atoms with Crippen LogP contribution < -0.4 is 10.1 Å². The van der Waals surface area contributed by atoms with Crippen molar-refractivity contribution >= 4 is 11.6 Å². The lowest BCUT2D eigenvalue weighted by Gasteiger charge is -2.28. The van der Waals surface area contributed by atoms with Gasteiger partial charge in [-0.1, -0.05) is 41.7 Å². The second-order valence-corrected chi connectivity index (χ2v) is 7.70. The highest BCUT2D eigenvalue weighted by molar-refractivity contribution is 6.32. The van der Waals surface area contributed by atoms with Crippen LogP contribution in [0.15, 0.2) is 28.8 Å². The summed E-state index contributed by atoms with van der Waals surface area (Å²) >= 11 is 6.07. The highest BCUT2D eigenvalue weighted by Crippen LogP contribution is 2.42. The Morgan fingerprint density at radius 1 is 1.31 bits per heavy atom. The van der Waals surface area contributed by atoms with E-state index in [1.165, 1.54) is 0 Å². The maximum atomic E-state index is 10.3.